The van der Waals surface area contributed by atoms with Gasteiger partial charge in [0.15, 0.2) is 0 Å². The molecule has 106 valence electrons. The topological polar surface area (TPSA) is 109 Å². The van der Waals surface area contributed by atoms with Gasteiger partial charge in [0.2, 0.25) is 5.91 Å². The van der Waals surface area contributed by atoms with Crippen molar-refractivity contribution in [2.45, 2.75) is 12.8 Å². The van der Waals surface area contributed by atoms with Gasteiger partial charge in [-0.3, -0.25) is 9.59 Å². The maximum absolute atomic E-state index is 11.8. The number of benzene rings is 1. The van der Waals surface area contributed by atoms with E-state index in [2.05, 4.69) is 5.32 Å². The average Bonchev–Trinajstić information content (AvgIpc) is 2.41. The van der Waals surface area contributed by atoms with Crippen molar-refractivity contribution >= 4 is 23.9 Å². The van der Waals surface area contributed by atoms with Crippen molar-refractivity contribution in [1.82, 2.24) is 5.32 Å². The summed E-state index contributed by atoms with van der Waals surface area (Å²) in [4.78, 5) is 32.8. The van der Waals surface area contributed by atoms with Gasteiger partial charge in [-0.2, -0.15) is 0 Å². The Labute approximate surface area is 116 Å². The smallest absolute Gasteiger partial charge is 0.328 e. The van der Waals surface area contributed by atoms with E-state index in [1.165, 1.54) is 6.08 Å². The summed E-state index contributed by atoms with van der Waals surface area (Å²) in [6.45, 7) is 0.358. The summed E-state index contributed by atoms with van der Waals surface area (Å²) < 4.78 is 0. The molecule has 0 unspecified atom stereocenters. The molecule has 4 N–H and O–H groups in total. The zero-order chi connectivity index (χ0) is 15.0. The van der Waals surface area contributed by atoms with E-state index in [1.807, 2.05) is 0 Å². The molecule has 6 heteroatoms. The second kappa shape index (κ2) is 7.73. The van der Waals surface area contributed by atoms with Gasteiger partial charge < -0.3 is 16.2 Å². The molecule has 0 aromatic heterocycles. The van der Waals surface area contributed by atoms with Crippen LogP contribution in [0.3, 0.4) is 0 Å². The van der Waals surface area contributed by atoms with E-state index in [9.17, 15) is 14.4 Å². The van der Waals surface area contributed by atoms with E-state index >= 15 is 0 Å². The number of carbonyl (C=O) groups is 3. The van der Waals surface area contributed by atoms with E-state index in [4.69, 9.17) is 10.8 Å². The summed E-state index contributed by atoms with van der Waals surface area (Å²) in [6, 6.07) is 6.58. The van der Waals surface area contributed by atoms with Gasteiger partial charge in [0.25, 0.3) is 5.91 Å². The highest BCUT2D eigenvalue weighted by atomic mass is 16.4. The Hall–Kier alpha value is -2.63. The Kier molecular flexibility index (Phi) is 5.96. The molecule has 0 fully saturated rings. The van der Waals surface area contributed by atoms with Crippen LogP contribution < -0.4 is 11.1 Å². The number of carbonyl (C=O) groups excluding carboxylic acids is 2. The minimum atomic E-state index is -1.05. The van der Waals surface area contributed by atoms with Crippen LogP contribution in [0.2, 0.25) is 0 Å². The summed E-state index contributed by atoms with van der Waals surface area (Å²) in [7, 11) is 0. The SMILES string of the molecule is NC(=O)CCCNC(=O)c1cccc(C=CC(=O)O)c1. The molecular formula is C14H16N2O4. The lowest BCUT2D eigenvalue weighted by molar-refractivity contribution is -0.131. The van der Waals surface area contributed by atoms with Gasteiger partial charge in [0.05, 0.1) is 0 Å². The van der Waals surface area contributed by atoms with Crippen LogP contribution in [0.25, 0.3) is 6.08 Å². The molecule has 0 radical (unpaired) electrons. The van der Waals surface area contributed by atoms with E-state index in [0.717, 1.165) is 6.08 Å². The first-order valence-corrected chi connectivity index (χ1v) is 6.06. The molecule has 6 nitrogen and oxygen atoms in total. The van der Waals surface area contributed by atoms with Crippen LogP contribution >= 0.6 is 0 Å². The van der Waals surface area contributed by atoms with Crippen LogP contribution in [0.1, 0.15) is 28.8 Å². The molecule has 0 aliphatic rings. The second-order valence-electron chi connectivity index (χ2n) is 4.12. The number of aliphatic carboxylic acids is 1. The molecule has 1 rings (SSSR count). The van der Waals surface area contributed by atoms with Crippen LogP contribution in [-0.4, -0.2) is 29.4 Å². The highest BCUT2D eigenvalue weighted by molar-refractivity contribution is 5.95. The molecule has 0 atom stereocenters. The van der Waals surface area contributed by atoms with Gasteiger partial charge in [-0.05, 0) is 30.2 Å². The fraction of sp³-hybridized carbons (Fsp3) is 0.214. The van der Waals surface area contributed by atoms with E-state index in [1.54, 1.807) is 24.3 Å². The van der Waals surface area contributed by atoms with Gasteiger partial charge >= 0.3 is 5.97 Å². The van der Waals surface area contributed by atoms with Crippen molar-refractivity contribution < 1.29 is 19.5 Å². The monoisotopic (exact) mass is 276 g/mol. The van der Waals surface area contributed by atoms with Crippen molar-refractivity contribution in [2.75, 3.05) is 6.54 Å². The lowest BCUT2D eigenvalue weighted by atomic mass is 10.1. The van der Waals surface area contributed by atoms with E-state index in [-0.39, 0.29) is 12.3 Å². The summed E-state index contributed by atoms with van der Waals surface area (Å²) >= 11 is 0. The van der Waals surface area contributed by atoms with Crippen molar-refractivity contribution in [3.63, 3.8) is 0 Å². The number of primary amides is 1. The van der Waals surface area contributed by atoms with Gasteiger partial charge in [0, 0.05) is 24.6 Å². The summed E-state index contributed by atoms with van der Waals surface area (Å²) in [6.07, 6.45) is 3.12. The number of nitrogens with two attached hydrogens (primary N) is 1. The molecule has 0 spiro atoms. The third kappa shape index (κ3) is 5.81. The summed E-state index contributed by atoms with van der Waals surface area (Å²) in [5, 5.41) is 11.2. The number of carboxylic acid groups (broad SMARTS) is 1. The first kappa shape index (κ1) is 15.4. The minimum Gasteiger partial charge on any atom is -0.478 e. The molecule has 0 aliphatic heterocycles. The molecule has 1 aromatic rings. The molecule has 0 bridgehead atoms. The highest BCUT2D eigenvalue weighted by Gasteiger charge is 2.05. The number of hydrogen-bond acceptors (Lipinski definition) is 3. The molecule has 0 saturated carbocycles. The largest absolute Gasteiger partial charge is 0.478 e. The van der Waals surface area contributed by atoms with E-state index < -0.39 is 11.9 Å². The second-order valence-corrected chi connectivity index (χ2v) is 4.12. The predicted molar refractivity (Wildman–Crippen MR) is 73.9 cm³/mol. The third-order valence-corrected chi connectivity index (χ3v) is 2.45. The molecule has 20 heavy (non-hydrogen) atoms. The number of amides is 2. The van der Waals surface area contributed by atoms with Crippen LogP contribution in [0.4, 0.5) is 0 Å². The lowest BCUT2D eigenvalue weighted by Crippen LogP contribution is -2.25. The normalized spacial score (nSPS) is 10.4. The lowest BCUT2D eigenvalue weighted by Gasteiger charge is -2.05. The first-order valence-electron chi connectivity index (χ1n) is 6.06. The van der Waals surface area contributed by atoms with Crippen molar-refractivity contribution in [2.24, 2.45) is 5.73 Å². The van der Waals surface area contributed by atoms with Crippen LogP contribution in [0.5, 0.6) is 0 Å². The number of hydrogen-bond donors (Lipinski definition) is 3. The van der Waals surface area contributed by atoms with Crippen LogP contribution in [0, 0.1) is 0 Å². The Bertz CT molecular complexity index is 538. The fourth-order valence-electron chi connectivity index (χ4n) is 1.52. The molecule has 0 aliphatic carbocycles. The van der Waals surface area contributed by atoms with Gasteiger partial charge in [0.1, 0.15) is 0 Å². The molecule has 0 heterocycles. The summed E-state index contributed by atoms with van der Waals surface area (Å²) in [5.74, 6) is -1.73. The van der Waals surface area contributed by atoms with Crippen LogP contribution in [-0.2, 0) is 9.59 Å². The third-order valence-electron chi connectivity index (χ3n) is 2.45. The van der Waals surface area contributed by atoms with Crippen molar-refractivity contribution in [3.8, 4) is 0 Å². The minimum absolute atomic E-state index is 0.224. The highest BCUT2D eigenvalue weighted by Crippen LogP contribution is 2.07. The van der Waals surface area contributed by atoms with Crippen LogP contribution in [0.15, 0.2) is 30.3 Å². The quantitative estimate of drug-likeness (QED) is 0.505. The number of carboxylic acids is 1. The Morgan fingerprint density at radius 2 is 2.05 bits per heavy atom. The standard InChI is InChI=1S/C14H16N2O4/c15-12(17)5-2-8-16-14(20)11-4-1-3-10(9-11)6-7-13(18)19/h1,3-4,6-7,9H,2,5,8H2,(H2,15,17)(H,16,20)(H,18,19). The summed E-state index contributed by atoms with van der Waals surface area (Å²) in [5.41, 5.74) is 6.04. The zero-order valence-corrected chi connectivity index (χ0v) is 10.8. The number of nitrogens with one attached hydrogen (secondary N) is 1. The predicted octanol–water partition coefficient (Wildman–Crippen LogP) is 0.780. The fourth-order valence-corrected chi connectivity index (χ4v) is 1.52. The Morgan fingerprint density at radius 1 is 1.30 bits per heavy atom. The first-order chi connectivity index (χ1) is 9.49. The maximum Gasteiger partial charge on any atom is 0.328 e. The zero-order valence-electron chi connectivity index (χ0n) is 10.8. The average molecular weight is 276 g/mol. The van der Waals surface area contributed by atoms with Gasteiger partial charge in [-0.1, -0.05) is 12.1 Å². The molecule has 2 amide bonds. The number of rotatable bonds is 7. The van der Waals surface area contributed by atoms with Crippen molar-refractivity contribution in [1.29, 1.82) is 0 Å². The molecule has 1 aromatic carbocycles. The Morgan fingerprint density at radius 3 is 2.70 bits per heavy atom. The maximum atomic E-state index is 11.8. The Balaban J connectivity index is 2.57. The van der Waals surface area contributed by atoms with Gasteiger partial charge in [-0.15, -0.1) is 0 Å². The molecule has 0 saturated heterocycles. The van der Waals surface area contributed by atoms with E-state index in [0.29, 0.717) is 24.1 Å². The van der Waals surface area contributed by atoms with Crippen molar-refractivity contribution in [3.05, 3.63) is 41.5 Å². The molecular weight excluding hydrogens is 260 g/mol. The van der Waals surface area contributed by atoms with Gasteiger partial charge in [-0.25, -0.2) is 4.79 Å².